The molecule has 0 radical (unpaired) electrons. The van der Waals surface area contributed by atoms with E-state index in [1.165, 1.54) is 49.7 Å². The molecule has 0 aromatic heterocycles. The van der Waals surface area contributed by atoms with Crippen molar-refractivity contribution < 1.29 is 0 Å². The lowest BCUT2D eigenvalue weighted by atomic mass is 9.69. The minimum Gasteiger partial charge on any atom is -0.399 e. The number of nitrogens with two attached hydrogens (primary N) is 2. The van der Waals surface area contributed by atoms with Crippen molar-refractivity contribution >= 4 is 11.4 Å². The SMILES string of the molecule is Nc1cccc(C2(c3cccc(N)c3)CCCCCC2)c1. The van der Waals surface area contributed by atoms with Gasteiger partial charge in [0, 0.05) is 16.8 Å². The molecule has 0 aliphatic heterocycles. The summed E-state index contributed by atoms with van der Waals surface area (Å²) in [6, 6.07) is 16.8. The highest BCUT2D eigenvalue weighted by Crippen LogP contribution is 2.44. The summed E-state index contributed by atoms with van der Waals surface area (Å²) >= 11 is 0. The van der Waals surface area contributed by atoms with Gasteiger partial charge in [0.1, 0.15) is 0 Å². The molecule has 1 aliphatic rings. The van der Waals surface area contributed by atoms with Crippen LogP contribution in [0.25, 0.3) is 0 Å². The van der Waals surface area contributed by atoms with Crippen LogP contribution in [0.4, 0.5) is 11.4 Å². The van der Waals surface area contributed by atoms with Crippen LogP contribution in [0.1, 0.15) is 49.7 Å². The molecular formula is C19H24N2. The number of hydrogen-bond acceptors (Lipinski definition) is 2. The smallest absolute Gasteiger partial charge is 0.0317 e. The van der Waals surface area contributed by atoms with E-state index in [-0.39, 0.29) is 5.41 Å². The Morgan fingerprint density at radius 3 is 1.57 bits per heavy atom. The minimum atomic E-state index is 0.0707. The predicted octanol–water partition coefficient (Wildman–Crippen LogP) is 4.49. The molecule has 4 N–H and O–H groups in total. The van der Waals surface area contributed by atoms with Gasteiger partial charge in [0.2, 0.25) is 0 Å². The number of rotatable bonds is 2. The molecule has 1 fully saturated rings. The molecule has 21 heavy (non-hydrogen) atoms. The highest BCUT2D eigenvalue weighted by Gasteiger charge is 2.34. The largest absolute Gasteiger partial charge is 0.399 e. The van der Waals surface area contributed by atoms with Crippen molar-refractivity contribution in [1.29, 1.82) is 0 Å². The highest BCUT2D eigenvalue weighted by molar-refractivity contribution is 5.51. The van der Waals surface area contributed by atoms with Gasteiger partial charge >= 0.3 is 0 Å². The summed E-state index contributed by atoms with van der Waals surface area (Å²) in [4.78, 5) is 0. The van der Waals surface area contributed by atoms with Crippen LogP contribution in [0, 0.1) is 0 Å². The van der Waals surface area contributed by atoms with E-state index < -0.39 is 0 Å². The molecule has 0 saturated heterocycles. The average Bonchev–Trinajstić information content (AvgIpc) is 2.74. The van der Waals surface area contributed by atoms with Crippen molar-refractivity contribution in [3.8, 4) is 0 Å². The first-order chi connectivity index (χ1) is 10.2. The first-order valence-electron chi connectivity index (χ1n) is 7.93. The van der Waals surface area contributed by atoms with Crippen LogP contribution < -0.4 is 11.5 Å². The van der Waals surface area contributed by atoms with Crippen LogP contribution in [0.3, 0.4) is 0 Å². The Morgan fingerprint density at radius 2 is 1.14 bits per heavy atom. The van der Waals surface area contributed by atoms with Gasteiger partial charge in [0.05, 0.1) is 0 Å². The zero-order valence-corrected chi connectivity index (χ0v) is 12.5. The Morgan fingerprint density at radius 1 is 0.667 bits per heavy atom. The van der Waals surface area contributed by atoms with Crippen molar-refractivity contribution in [2.24, 2.45) is 0 Å². The highest BCUT2D eigenvalue weighted by atomic mass is 14.6. The third-order valence-electron chi connectivity index (χ3n) is 4.84. The fourth-order valence-electron chi connectivity index (χ4n) is 3.75. The molecule has 2 heteroatoms. The Bertz CT molecular complexity index is 563. The molecule has 1 saturated carbocycles. The van der Waals surface area contributed by atoms with Gasteiger partial charge in [-0.1, -0.05) is 49.9 Å². The third-order valence-corrected chi connectivity index (χ3v) is 4.84. The maximum absolute atomic E-state index is 6.05. The summed E-state index contributed by atoms with van der Waals surface area (Å²) in [5, 5.41) is 0. The minimum absolute atomic E-state index is 0.0707. The van der Waals surface area contributed by atoms with Gasteiger partial charge in [0.15, 0.2) is 0 Å². The van der Waals surface area contributed by atoms with Crippen molar-refractivity contribution in [2.75, 3.05) is 11.5 Å². The lowest BCUT2D eigenvalue weighted by Crippen LogP contribution is -2.27. The van der Waals surface area contributed by atoms with E-state index in [0.717, 1.165) is 11.4 Å². The molecule has 0 spiro atoms. The van der Waals surface area contributed by atoms with Crippen LogP contribution in [0.2, 0.25) is 0 Å². The molecular weight excluding hydrogens is 256 g/mol. The van der Waals surface area contributed by atoms with E-state index in [1.54, 1.807) is 0 Å². The normalized spacial score (nSPS) is 18.1. The second-order valence-corrected chi connectivity index (χ2v) is 6.25. The fraction of sp³-hybridized carbons (Fsp3) is 0.368. The van der Waals surface area contributed by atoms with E-state index in [1.807, 2.05) is 12.1 Å². The Balaban J connectivity index is 2.14. The van der Waals surface area contributed by atoms with Gasteiger partial charge in [-0.05, 0) is 48.2 Å². The van der Waals surface area contributed by atoms with Crippen molar-refractivity contribution in [2.45, 2.75) is 43.9 Å². The molecule has 3 rings (SSSR count). The van der Waals surface area contributed by atoms with Gasteiger partial charge in [-0.25, -0.2) is 0 Å². The number of hydrogen-bond donors (Lipinski definition) is 2. The van der Waals surface area contributed by atoms with E-state index in [4.69, 9.17) is 11.5 Å². The maximum Gasteiger partial charge on any atom is 0.0317 e. The van der Waals surface area contributed by atoms with Gasteiger partial charge in [-0.2, -0.15) is 0 Å². The third kappa shape index (κ3) is 2.76. The van der Waals surface area contributed by atoms with Gasteiger partial charge in [0.25, 0.3) is 0 Å². The van der Waals surface area contributed by atoms with Crippen LogP contribution in [-0.4, -0.2) is 0 Å². The van der Waals surface area contributed by atoms with Gasteiger partial charge < -0.3 is 11.5 Å². The fourth-order valence-corrected chi connectivity index (χ4v) is 3.75. The van der Waals surface area contributed by atoms with E-state index in [0.29, 0.717) is 0 Å². The van der Waals surface area contributed by atoms with Crippen molar-refractivity contribution in [1.82, 2.24) is 0 Å². The van der Waals surface area contributed by atoms with Crippen LogP contribution >= 0.6 is 0 Å². The Labute approximate surface area is 127 Å². The first kappa shape index (κ1) is 14.0. The second-order valence-electron chi connectivity index (χ2n) is 6.25. The zero-order valence-electron chi connectivity index (χ0n) is 12.5. The number of nitrogen functional groups attached to an aromatic ring is 2. The predicted molar refractivity (Wildman–Crippen MR) is 90.2 cm³/mol. The summed E-state index contributed by atoms with van der Waals surface area (Å²) in [6.07, 6.45) is 7.55. The van der Waals surface area contributed by atoms with Crippen molar-refractivity contribution in [3.05, 3.63) is 59.7 Å². The molecule has 1 aliphatic carbocycles. The topological polar surface area (TPSA) is 52.0 Å². The van der Waals surface area contributed by atoms with Crippen molar-refractivity contribution in [3.63, 3.8) is 0 Å². The quantitative estimate of drug-likeness (QED) is 0.629. The lowest BCUT2D eigenvalue weighted by molar-refractivity contribution is 0.446. The zero-order chi connectivity index (χ0) is 14.7. The molecule has 0 unspecified atom stereocenters. The molecule has 0 amide bonds. The average molecular weight is 280 g/mol. The lowest BCUT2D eigenvalue weighted by Gasteiger charge is -2.34. The molecule has 110 valence electrons. The standard InChI is InChI=1S/C19H24N2/c20-17-9-5-7-15(13-17)19(11-3-1-2-4-12-19)16-8-6-10-18(21)14-16/h5-10,13-14H,1-4,11-12,20-21H2. The van der Waals surface area contributed by atoms with Crippen LogP contribution in [0.5, 0.6) is 0 Å². The molecule has 2 aromatic carbocycles. The van der Waals surface area contributed by atoms with Gasteiger partial charge in [-0.15, -0.1) is 0 Å². The van der Waals surface area contributed by atoms with E-state index in [2.05, 4.69) is 36.4 Å². The van der Waals surface area contributed by atoms with Crippen LogP contribution in [0.15, 0.2) is 48.5 Å². The Kier molecular flexibility index (Phi) is 3.87. The van der Waals surface area contributed by atoms with E-state index in [9.17, 15) is 0 Å². The molecule has 2 nitrogen and oxygen atoms in total. The molecule has 0 bridgehead atoms. The second kappa shape index (κ2) is 5.80. The Hall–Kier alpha value is -1.96. The van der Waals surface area contributed by atoms with E-state index >= 15 is 0 Å². The summed E-state index contributed by atoms with van der Waals surface area (Å²) in [5.41, 5.74) is 16.5. The summed E-state index contributed by atoms with van der Waals surface area (Å²) < 4.78 is 0. The maximum atomic E-state index is 6.05. The monoisotopic (exact) mass is 280 g/mol. The molecule has 2 aromatic rings. The summed E-state index contributed by atoms with van der Waals surface area (Å²) in [6.45, 7) is 0. The summed E-state index contributed by atoms with van der Waals surface area (Å²) in [7, 11) is 0. The first-order valence-corrected chi connectivity index (χ1v) is 7.93. The van der Waals surface area contributed by atoms with Crippen LogP contribution in [-0.2, 0) is 5.41 Å². The number of benzene rings is 2. The van der Waals surface area contributed by atoms with Gasteiger partial charge in [-0.3, -0.25) is 0 Å². The molecule has 0 atom stereocenters. The number of anilines is 2. The summed E-state index contributed by atoms with van der Waals surface area (Å²) in [5.74, 6) is 0. The molecule has 0 heterocycles.